The highest BCUT2D eigenvalue weighted by molar-refractivity contribution is 9.11. The van der Waals surface area contributed by atoms with Gasteiger partial charge >= 0.3 is 0 Å². The van der Waals surface area contributed by atoms with Crippen LogP contribution >= 0.6 is 27.3 Å². The Morgan fingerprint density at radius 2 is 1.93 bits per heavy atom. The first kappa shape index (κ1) is 22.0. The molecule has 2 heterocycles. The zero-order chi connectivity index (χ0) is 21.0. The number of nitrogens with one attached hydrogen (secondary N) is 2. The van der Waals surface area contributed by atoms with E-state index in [1.165, 1.54) is 22.5 Å². The van der Waals surface area contributed by atoms with Gasteiger partial charge in [0.1, 0.15) is 5.54 Å². The lowest BCUT2D eigenvalue weighted by Crippen LogP contribution is -2.55. The number of amides is 2. The SMILES string of the molecule is CN1CCc2ccc(NC(=O)C(C)(CCO)NC(=O)c3ccc(Br)s3)cc2CC1. The van der Waals surface area contributed by atoms with E-state index in [1.54, 1.807) is 19.1 Å². The molecule has 6 nitrogen and oxygen atoms in total. The third-order valence-electron chi connectivity index (χ3n) is 5.29. The fourth-order valence-electron chi connectivity index (χ4n) is 3.39. The van der Waals surface area contributed by atoms with E-state index < -0.39 is 5.54 Å². The topological polar surface area (TPSA) is 81.7 Å². The molecule has 2 amide bonds. The maximum atomic E-state index is 13.0. The summed E-state index contributed by atoms with van der Waals surface area (Å²) in [5.41, 5.74) is 2.02. The number of halogens is 1. The van der Waals surface area contributed by atoms with Gasteiger partial charge < -0.3 is 20.6 Å². The maximum absolute atomic E-state index is 13.0. The molecule has 2 aromatic rings. The molecule has 29 heavy (non-hydrogen) atoms. The fraction of sp³-hybridized carbons (Fsp3) is 0.429. The zero-order valence-corrected chi connectivity index (χ0v) is 19.0. The minimum absolute atomic E-state index is 0.118. The van der Waals surface area contributed by atoms with Gasteiger partial charge in [-0.1, -0.05) is 6.07 Å². The molecule has 0 saturated carbocycles. The predicted molar refractivity (Wildman–Crippen MR) is 120 cm³/mol. The molecule has 3 N–H and O–H groups in total. The number of thiophene rings is 1. The van der Waals surface area contributed by atoms with Crippen LogP contribution in [0.1, 0.15) is 34.1 Å². The number of anilines is 1. The number of likely N-dealkylation sites (N-methyl/N-ethyl adjacent to an activating group) is 1. The third kappa shape index (κ3) is 5.45. The van der Waals surface area contributed by atoms with E-state index in [4.69, 9.17) is 0 Å². The normalized spacial score (nSPS) is 16.4. The average molecular weight is 480 g/mol. The lowest BCUT2D eigenvalue weighted by molar-refractivity contribution is -0.122. The molecule has 0 spiro atoms. The smallest absolute Gasteiger partial charge is 0.262 e. The van der Waals surface area contributed by atoms with Crippen LogP contribution in [-0.4, -0.2) is 54.1 Å². The molecule has 0 radical (unpaired) electrons. The van der Waals surface area contributed by atoms with Crippen LogP contribution in [0.4, 0.5) is 5.69 Å². The molecule has 0 fully saturated rings. The molecule has 1 unspecified atom stereocenters. The highest BCUT2D eigenvalue weighted by atomic mass is 79.9. The number of hydrogen-bond acceptors (Lipinski definition) is 5. The number of fused-ring (bicyclic) bond motifs is 1. The Hall–Kier alpha value is -1.74. The molecule has 0 aliphatic carbocycles. The van der Waals surface area contributed by atoms with E-state index in [0.29, 0.717) is 10.6 Å². The summed E-state index contributed by atoms with van der Waals surface area (Å²) >= 11 is 4.63. The zero-order valence-electron chi connectivity index (χ0n) is 16.6. The monoisotopic (exact) mass is 479 g/mol. The number of rotatable bonds is 6. The first-order valence-corrected chi connectivity index (χ1v) is 11.2. The molecule has 1 aromatic heterocycles. The van der Waals surface area contributed by atoms with Gasteiger partial charge in [0.15, 0.2) is 0 Å². The van der Waals surface area contributed by atoms with Crippen molar-refractivity contribution in [1.82, 2.24) is 10.2 Å². The lowest BCUT2D eigenvalue weighted by Gasteiger charge is -2.29. The van der Waals surface area contributed by atoms with Gasteiger partial charge in [-0.2, -0.15) is 0 Å². The van der Waals surface area contributed by atoms with Crippen LogP contribution in [0.2, 0.25) is 0 Å². The minimum atomic E-state index is -1.23. The lowest BCUT2D eigenvalue weighted by atomic mass is 9.96. The Morgan fingerprint density at radius 3 is 2.59 bits per heavy atom. The largest absolute Gasteiger partial charge is 0.396 e. The fourth-order valence-corrected chi connectivity index (χ4v) is 4.67. The van der Waals surface area contributed by atoms with Crippen LogP contribution in [0.5, 0.6) is 0 Å². The summed E-state index contributed by atoms with van der Waals surface area (Å²) in [6, 6.07) is 9.47. The van der Waals surface area contributed by atoms with Gasteiger partial charge in [0, 0.05) is 31.8 Å². The van der Waals surface area contributed by atoms with Gasteiger partial charge in [-0.05, 0) is 78.1 Å². The van der Waals surface area contributed by atoms with E-state index in [2.05, 4.69) is 44.6 Å². The molecule has 1 atom stereocenters. The molecule has 0 bridgehead atoms. The van der Waals surface area contributed by atoms with Gasteiger partial charge in [0.05, 0.1) is 8.66 Å². The summed E-state index contributed by atoms with van der Waals surface area (Å²) in [6.07, 6.45) is 2.05. The predicted octanol–water partition coefficient (Wildman–Crippen LogP) is 3.05. The van der Waals surface area contributed by atoms with Gasteiger partial charge in [-0.3, -0.25) is 9.59 Å². The summed E-state index contributed by atoms with van der Waals surface area (Å²) in [6.45, 7) is 3.43. The quantitative estimate of drug-likeness (QED) is 0.594. The second-order valence-electron chi connectivity index (χ2n) is 7.60. The third-order valence-corrected chi connectivity index (χ3v) is 6.91. The summed E-state index contributed by atoms with van der Waals surface area (Å²) < 4.78 is 0.839. The first-order valence-electron chi connectivity index (χ1n) is 9.61. The van der Waals surface area contributed by atoms with Crippen molar-refractivity contribution in [3.8, 4) is 0 Å². The Morgan fingerprint density at radius 1 is 1.21 bits per heavy atom. The van der Waals surface area contributed by atoms with Crippen molar-refractivity contribution >= 4 is 44.8 Å². The summed E-state index contributed by atoms with van der Waals surface area (Å²) in [5, 5.41) is 15.2. The van der Waals surface area contributed by atoms with Crippen molar-refractivity contribution in [3.05, 3.63) is 50.1 Å². The molecule has 1 aromatic carbocycles. The molecular weight excluding hydrogens is 454 g/mol. The van der Waals surface area contributed by atoms with Gasteiger partial charge in [0.25, 0.3) is 5.91 Å². The van der Waals surface area contributed by atoms with Gasteiger partial charge in [-0.15, -0.1) is 11.3 Å². The van der Waals surface area contributed by atoms with E-state index in [1.807, 2.05) is 12.1 Å². The second kappa shape index (κ2) is 9.38. The van der Waals surface area contributed by atoms with Crippen molar-refractivity contribution < 1.29 is 14.7 Å². The number of carbonyl (C=O) groups is 2. The number of carbonyl (C=O) groups excluding carboxylic acids is 2. The van der Waals surface area contributed by atoms with Crippen LogP contribution in [0.15, 0.2) is 34.1 Å². The van der Waals surface area contributed by atoms with Crippen LogP contribution in [-0.2, 0) is 17.6 Å². The number of hydrogen-bond donors (Lipinski definition) is 3. The summed E-state index contributed by atoms with van der Waals surface area (Å²) in [5.74, 6) is -0.682. The van der Waals surface area contributed by atoms with Crippen LogP contribution in [0, 0.1) is 0 Å². The van der Waals surface area contributed by atoms with Crippen LogP contribution < -0.4 is 10.6 Å². The summed E-state index contributed by atoms with van der Waals surface area (Å²) in [4.78, 5) is 28.4. The molecule has 1 aliphatic heterocycles. The Kier molecular flexibility index (Phi) is 7.10. The Bertz CT molecular complexity index is 901. The Labute approximate surface area is 183 Å². The van der Waals surface area contributed by atoms with E-state index in [9.17, 15) is 14.7 Å². The number of benzene rings is 1. The molecular formula is C21H26BrN3O3S. The van der Waals surface area contributed by atoms with Crippen LogP contribution in [0.25, 0.3) is 0 Å². The first-order chi connectivity index (χ1) is 13.8. The van der Waals surface area contributed by atoms with E-state index in [0.717, 1.165) is 29.7 Å². The molecule has 3 rings (SSSR count). The van der Waals surface area contributed by atoms with Gasteiger partial charge in [0.2, 0.25) is 5.91 Å². The molecule has 1 aliphatic rings. The van der Waals surface area contributed by atoms with Gasteiger partial charge in [-0.25, -0.2) is 0 Å². The second-order valence-corrected chi connectivity index (χ2v) is 10.1. The number of aliphatic hydroxyl groups excluding tert-OH is 1. The Balaban J connectivity index is 1.74. The molecule has 8 heteroatoms. The van der Waals surface area contributed by atoms with Crippen LogP contribution in [0.3, 0.4) is 0 Å². The number of nitrogens with zero attached hydrogens (tertiary/aromatic N) is 1. The van der Waals surface area contributed by atoms with Crippen molar-refractivity contribution in [2.24, 2.45) is 0 Å². The van der Waals surface area contributed by atoms with Crippen molar-refractivity contribution in [2.45, 2.75) is 31.7 Å². The molecule has 0 saturated heterocycles. The highest BCUT2D eigenvalue weighted by Crippen LogP contribution is 2.24. The molecule has 156 valence electrons. The van der Waals surface area contributed by atoms with Crippen molar-refractivity contribution in [3.63, 3.8) is 0 Å². The average Bonchev–Trinajstić information content (AvgIpc) is 3.03. The summed E-state index contributed by atoms with van der Waals surface area (Å²) in [7, 11) is 2.11. The van der Waals surface area contributed by atoms with Crippen molar-refractivity contribution in [2.75, 3.05) is 32.1 Å². The number of aliphatic hydroxyl groups is 1. The standard InChI is InChI=1S/C21H26BrN3O3S/c1-21(9-12-26,24-19(27)17-5-6-18(22)29-17)20(28)23-16-4-3-14-7-10-25(2)11-8-15(14)13-16/h3-6,13,26H,7-12H2,1-2H3,(H,23,28)(H,24,27). The van der Waals surface area contributed by atoms with E-state index >= 15 is 0 Å². The van der Waals surface area contributed by atoms with E-state index in [-0.39, 0.29) is 24.8 Å². The highest BCUT2D eigenvalue weighted by Gasteiger charge is 2.35. The minimum Gasteiger partial charge on any atom is -0.396 e. The maximum Gasteiger partial charge on any atom is 0.262 e. The van der Waals surface area contributed by atoms with Crippen molar-refractivity contribution in [1.29, 1.82) is 0 Å².